The zero-order chi connectivity index (χ0) is 23.8. The summed E-state index contributed by atoms with van der Waals surface area (Å²) >= 11 is 0. The van der Waals surface area contributed by atoms with E-state index in [0.29, 0.717) is 37.9 Å². The highest BCUT2D eigenvalue weighted by molar-refractivity contribution is 7.88. The van der Waals surface area contributed by atoms with Crippen LogP contribution in [0.25, 0.3) is 11.3 Å². The van der Waals surface area contributed by atoms with E-state index >= 15 is 0 Å². The van der Waals surface area contributed by atoms with Crippen molar-refractivity contribution in [1.29, 1.82) is 0 Å². The molecule has 5 N–H and O–H groups in total. The molecule has 8 nitrogen and oxygen atoms in total. The van der Waals surface area contributed by atoms with Crippen molar-refractivity contribution in [2.45, 2.75) is 26.3 Å². The summed E-state index contributed by atoms with van der Waals surface area (Å²) in [5.41, 5.74) is 8.34. The SMILES string of the molecule is Cc1cc(CCNc2nccc(-c3cccc(CN(CCC[NH3+])S(C)(=O)=O)c3)n2)ccc1O. The van der Waals surface area contributed by atoms with Gasteiger partial charge in [0.15, 0.2) is 0 Å². The number of benzene rings is 2. The summed E-state index contributed by atoms with van der Waals surface area (Å²) in [6, 6.07) is 15.2. The zero-order valence-electron chi connectivity index (χ0n) is 19.2. The van der Waals surface area contributed by atoms with Gasteiger partial charge in [0.05, 0.1) is 18.5 Å². The van der Waals surface area contributed by atoms with Gasteiger partial charge in [-0.05, 0) is 48.2 Å². The molecule has 0 amide bonds. The van der Waals surface area contributed by atoms with E-state index in [4.69, 9.17) is 0 Å². The van der Waals surface area contributed by atoms with Gasteiger partial charge in [0.1, 0.15) is 5.75 Å². The molecule has 0 aliphatic carbocycles. The average Bonchev–Trinajstić information content (AvgIpc) is 2.79. The number of nitrogens with one attached hydrogen (secondary N) is 1. The van der Waals surface area contributed by atoms with Gasteiger partial charge in [-0.2, -0.15) is 4.31 Å². The summed E-state index contributed by atoms with van der Waals surface area (Å²) < 4.78 is 25.8. The number of sulfonamides is 1. The Morgan fingerprint density at radius 2 is 1.94 bits per heavy atom. The van der Waals surface area contributed by atoms with E-state index in [9.17, 15) is 13.5 Å². The van der Waals surface area contributed by atoms with Gasteiger partial charge >= 0.3 is 0 Å². The molecule has 0 saturated heterocycles. The predicted molar refractivity (Wildman–Crippen MR) is 130 cm³/mol. The van der Waals surface area contributed by atoms with Crippen LogP contribution in [-0.4, -0.2) is 53.7 Å². The molecule has 1 aromatic heterocycles. The Bertz CT molecular complexity index is 1180. The fraction of sp³-hybridized carbons (Fsp3) is 0.333. The molecule has 33 heavy (non-hydrogen) atoms. The molecule has 3 rings (SSSR count). The number of quaternary nitrogens is 1. The van der Waals surface area contributed by atoms with Crippen LogP contribution in [0.1, 0.15) is 23.1 Å². The largest absolute Gasteiger partial charge is 0.508 e. The minimum absolute atomic E-state index is 0.298. The van der Waals surface area contributed by atoms with Crippen molar-refractivity contribution in [3.05, 3.63) is 71.4 Å². The third-order valence-electron chi connectivity index (χ3n) is 5.32. The second kappa shape index (κ2) is 11.2. The Balaban J connectivity index is 1.68. The number of aromatic nitrogens is 2. The van der Waals surface area contributed by atoms with E-state index in [1.54, 1.807) is 12.3 Å². The van der Waals surface area contributed by atoms with Crippen molar-refractivity contribution >= 4 is 16.0 Å². The predicted octanol–water partition coefficient (Wildman–Crippen LogP) is 2.21. The third kappa shape index (κ3) is 7.24. The van der Waals surface area contributed by atoms with E-state index in [1.807, 2.05) is 49.4 Å². The molecule has 1 heterocycles. The number of rotatable bonds is 11. The molecule has 0 bridgehead atoms. The first-order chi connectivity index (χ1) is 15.8. The Morgan fingerprint density at radius 3 is 2.67 bits per heavy atom. The number of aryl methyl sites for hydroxylation is 1. The van der Waals surface area contributed by atoms with Crippen molar-refractivity contribution in [2.75, 3.05) is 31.2 Å². The zero-order valence-corrected chi connectivity index (χ0v) is 20.0. The van der Waals surface area contributed by atoms with Crippen LogP contribution in [0.4, 0.5) is 5.95 Å². The summed E-state index contributed by atoms with van der Waals surface area (Å²) in [5, 5.41) is 12.9. The Kier molecular flexibility index (Phi) is 8.37. The average molecular weight is 471 g/mol. The first kappa shape index (κ1) is 24.6. The maximum absolute atomic E-state index is 12.1. The molecule has 3 aromatic rings. The summed E-state index contributed by atoms with van der Waals surface area (Å²) in [6.07, 6.45) is 4.44. The number of phenolic OH excluding ortho intramolecular Hbond substituents is 1. The number of anilines is 1. The van der Waals surface area contributed by atoms with E-state index in [2.05, 4.69) is 21.0 Å². The lowest BCUT2D eigenvalue weighted by Gasteiger charge is -2.19. The van der Waals surface area contributed by atoms with Gasteiger partial charge in [-0.3, -0.25) is 0 Å². The second-order valence-corrected chi connectivity index (χ2v) is 10.0. The lowest BCUT2D eigenvalue weighted by molar-refractivity contribution is -0.368. The molecule has 2 aromatic carbocycles. The molecule has 0 fully saturated rings. The first-order valence-corrected chi connectivity index (χ1v) is 12.8. The normalized spacial score (nSPS) is 11.6. The molecule has 0 atom stereocenters. The molecule has 176 valence electrons. The van der Waals surface area contributed by atoms with Gasteiger partial charge in [-0.15, -0.1) is 0 Å². The molecule has 0 aliphatic rings. The maximum atomic E-state index is 12.1. The van der Waals surface area contributed by atoms with Gasteiger partial charge in [0.25, 0.3) is 0 Å². The third-order valence-corrected chi connectivity index (χ3v) is 6.57. The maximum Gasteiger partial charge on any atom is 0.223 e. The van der Waals surface area contributed by atoms with Crippen LogP contribution in [-0.2, 0) is 23.0 Å². The Hall–Kier alpha value is -3.01. The summed E-state index contributed by atoms with van der Waals surface area (Å²) in [7, 11) is -3.30. The highest BCUT2D eigenvalue weighted by atomic mass is 32.2. The van der Waals surface area contributed by atoms with Crippen LogP contribution < -0.4 is 11.1 Å². The molecule has 0 unspecified atom stereocenters. The quantitative estimate of drug-likeness (QED) is 0.395. The van der Waals surface area contributed by atoms with Crippen LogP contribution in [0.2, 0.25) is 0 Å². The van der Waals surface area contributed by atoms with Crippen LogP contribution >= 0.6 is 0 Å². The van der Waals surface area contributed by atoms with E-state index in [-0.39, 0.29) is 0 Å². The van der Waals surface area contributed by atoms with Gasteiger partial charge in [-0.25, -0.2) is 18.4 Å². The van der Waals surface area contributed by atoms with E-state index < -0.39 is 10.0 Å². The molecule has 0 aliphatic heterocycles. The van der Waals surface area contributed by atoms with E-state index in [1.165, 1.54) is 10.6 Å². The monoisotopic (exact) mass is 470 g/mol. The summed E-state index contributed by atoms with van der Waals surface area (Å²) in [4.78, 5) is 8.93. The van der Waals surface area contributed by atoms with Gasteiger partial charge in [-0.1, -0.05) is 30.3 Å². The number of hydrogen-bond acceptors (Lipinski definition) is 6. The molecule has 0 saturated carbocycles. The fourth-order valence-corrected chi connectivity index (χ4v) is 4.32. The van der Waals surface area contributed by atoms with Crippen molar-refractivity contribution in [1.82, 2.24) is 14.3 Å². The van der Waals surface area contributed by atoms with Crippen molar-refractivity contribution < 1.29 is 19.3 Å². The highest BCUT2D eigenvalue weighted by Crippen LogP contribution is 2.21. The smallest absolute Gasteiger partial charge is 0.223 e. The number of aromatic hydroxyl groups is 1. The van der Waals surface area contributed by atoms with Gasteiger partial charge < -0.3 is 16.2 Å². The fourth-order valence-electron chi connectivity index (χ4n) is 3.48. The lowest BCUT2D eigenvalue weighted by atomic mass is 10.1. The minimum Gasteiger partial charge on any atom is -0.508 e. The van der Waals surface area contributed by atoms with Crippen molar-refractivity contribution in [3.63, 3.8) is 0 Å². The Morgan fingerprint density at radius 1 is 1.12 bits per heavy atom. The van der Waals surface area contributed by atoms with Crippen LogP contribution in [0, 0.1) is 6.92 Å². The number of nitrogens with zero attached hydrogens (tertiary/aromatic N) is 3. The lowest BCUT2D eigenvalue weighted by Crippen LogP contribution is -2.51. The summed E-state index contributed by atoms with van der Waals surface area (Å²) in [6.45, 7) is 3.99. The van der Waals surface area contributed by atoms with Gasteiger partial charge in [0, 0.05) is 37.8 Å². The topological polar surface area (TPSA) is 123 Å². The van der Waals surface area contributed by atoms with E-state index in [0.717, 1.165) is 40.8 Å². The first-order valence-electron chi connectivity index (χ1n) is 11.0. The van der Waals surface area contributed by atoms with Crippen LogP contribution in [0.15, 0.2) is 54.7 Å². The van der Waals surface area contributed by atoms with Crippen molar-refractivity contribution in [2.24, 2.45) is 0 Å². The second-order valence-electron chi connectivity index (χ2n) is 8.07. The molecular weight excluding hydrogens is 438 g/mol. The molecular formula is C24H32N5O3S+. The van der Waals surface area contributed by atoms with Crippen molar-refractivity contribution in [3.8, 4) is 17.0 Å². The van der Waals surface area contributed by atoms with Crippen LogP contribution in [0.3, 0.4) is 0 Å². The number of phenols is 1. The van der Waals surface area contributed by atoms with Crippen LogP contribution in [0.5, 0.6) is 5.75 Å². The Labute approximate surface area is 195 Å². The minimum atomic E-state index is -3.30. The standard InChI is InChI=1S/C24H31N5O3S/c1-18-15-19(7-8-23(18)30)9-12-26-24-27-13-10-22(28-24)21-6-3-5-20(16-21)17-29(14-4-11-25)33(2,31)32/h3,5-8,10,13,15-16,30H,4,9,11-12,14,17,25H2,1-2H3,(H,26,27,28)/p+1. The number of hydrogen-bond donors (Lipinski definition) is 3. The molecule has 9 heteroatoms. The molecule has 0 radical (unpaired) electrons. The summed E-state index contributed by atoms with van der Waals surface area (Å²) in [5.74, 6) is 0.827. The highest BCUT2D eigenvalue weighted by Gasteiger charge is 2.17. The molecule has 0 spiro atoms. The van der Waals surface area contributed by atoms with Gasteiger partial charge in [0.2, 0.25) is 16.0 Å².